The number of unbranched alkanes of at least 4 members (excludes halogenated alkanes) is 1. The molecule has 0 aliphatic rings. The molecule has 0 fully saturated rings. The predicted octanol–water partition coefficient (Wildman–Crippen LogP) is 5.31. The highest BCUT2D eigenvalue weighted by Crippen LogP contribution is 2.39. The van der Waals surface area contributed by atoms with E-state index in [9.17, 15) is 9.00 Å². The van der Waals surface area contributed by atoms with Crippen molar-refractivity contribution < 1.29 is 23.2 Å². The van der Waals surface area contributed by atoms with Crippen LogP contribution in [0, 0.1) is 4.78 Å². The van der Waals surface area contributed by atoms with Crippen molar-refractivity contribution in [3.8, 4) is 17.4 Å². The molecule has 10 heteroatoms. The molecule has 0 aliphatic carbocycles. The zero-order valence-electron chi connectivity index (χ0n) is 19.3. The Labute approximate surface area is 199 Å². The summed E-state index contributed by atoms with van der Waals surface area (Å²) >= 11 is 0. The number of carbonyl (C=O) groups is 1. The molecule has 0 spiro atoms. The van der Waals surface area contributed by atoms with Gasteiger partial charge in [0.2, 0.25) is 5.88 Å². The van der Waals surface area contributed by atoms with Crippen LogP contribution in [0.25, 0.3) is 0 Å². The van der Waals surface area contributed by atoms with Gasteiger partial charge in [0.15, 0.2) is 15.7 Å². The summed E-state index contributed by atoms with van der Waals surface area (Å²) in [6, 6.07) is 15.0. The Bertz CT molecular complexity index is 1230. The molecule has 34 heavy (non-hydrogen) atoms. The number of benzene rings is 2. The van der Waals surface area contributed by atoms with Crippen molar-refractivity contribution in [1.29, 1.82) is 4.78 Å². The summed E-state index contributed by atoms with van der Waals surface area (Å²) in [5.41, 5.74) is 0.941. The average Bonchev–Trinajstić information content (AvgIpc) is 2.84. The Hall–Kier alpha value is -3.79. The van der Waals surface area contributed by atoms with Crippen LogP contribution in [0.15, 0.2) is 65.7 Å². The summed E-state index contributed by atoms with van der Waals surface area (Å²) in [6.07, 6.45) is 3.29. The highest BCUT2D eigenvalue weighted by Gasteiger charge is 2.24. The first-order valence-corrected chi connectivity index (χ1v) is 12.2. The van der Waals surface area contributed by atoms with Gasteiger partial charge in [-0.25, -0.2) is 18.8 Å². The number of hydrogen-bond donors (Lipinski definition) is 3. The maximum Gasteiger partial charge on any atom is 0.337 e. The van der Waals surface area contributed by atoms with Crippen LogP contribution >= 0.6 is 0 Å². The molecule has 0 bridgehead atoms. The largest absolute Gasteiger partial charge is 0.481 e. The van der Waals surface area contributed by atoms with Crippen molar-refractivity contribution in [3.05, 3.63) is 66.4 Å². The minimum Gasteiger partial charge on any atom is -0.481 e. The summed E-state index contributed by atoms with van der Waals surface area (Å²) in [5.74, 6) is 0.357. The van der Waals surface area contributed by atoms with Gasteiger partial charge in [0, 0.05) is 18.8 Å². The molecule has 2 aromatic carbocycles. The van der Waals surface area contributed by atoms with Crippen LogP contribution in [0.1, 0.15) is 30.1 Å². The molecular weight excluding hydrogens is 456 g/mol. The van der Waals surface area contributed by atoms with Gasteiger partial charge < -0.3 is 19.5 Å². The molecule has 3 rings (SSSR count). The van der Waals surface area contributed by atoms with E-state index in [0.717, 1.165) is 12.8 Å². The maximum atomic E-state index is 13.7. The molecule has 1 unspecified atom stereocenters. The standard InChI is InChI=1S/C24H28N4O5S/c1-4-5-12-26-20-14-17(24(29)32-3)15-21(23(20)33-19-9-7-6-8-10-19)34(25,30)28-18-11-13-27-22(16-18)31-2/h6-11,13-16,26H,4-5,12H2,1-3H3,(H2,25,27,28,30). The second kappa shape index (κ2) is 11.4. The summed E-state index contributed by atoms with van der Waals surface area (Å²) < 4.78 is 41.3. The van der Waals surface area contributed by atoms with Crippen molar-refractivity contribution in [1.82, 2.24) is 4.98 Å². The Balaban J connectivity index is 2.15. The van der Waals surface area contributed by atoms with Gasteiger partial charge in [-0.2, -0.15) is 0 Å². The van der Waals surface area contributed by atoms with Gasteiger partial charge in [-0.3, -0.25) is 4.72 Å². The van der Waals surface area contributed by atoms with Crippen molar-refractivity contribution in [2.24, 2.45) is 0 Å². The van der Waals surface area contributed by atoms with Gasteiger partial charge in [-0.05, 0) is 36.8 Å². The molecule has 0 saturated carbocycles. The SMILES string of the molecule is CCCCNc1cc(C(=O)OC)cc(S(=N)(=O)Nc2ccnc(OC)c2)c1Oc1ccccc1. The Morgan fingerprint density at radius 1 is 1.12 bits per heavy atom. The third kappa shape index (κ3) is 6.16. The van der Waals surface area contributed by atoms with Gasteiger partial charge in [0.05, 0.1) is 31.2 Å². The Morgan fingerprint density at radius 3 is 2.56 bits per heavy atom. The number of ether oxygens (including phenoxy) is 3. The molecule has 3 N–H and O–H groups in total. The van der Waals surface area contributed by atoms with E-state index in [4.69, 9.17) is 19.0 Å². The molecule has 1 atom stereocenters. The fraction of sp³-hybridized carbons (Fsp3) is 0.250. The number of aromatic nitrogens is 1. The van der Waals surface area contributed by atoms with E-state index in [-0.39, 0.29) is 16.2 Å². The van der Waals surface area contributed by atoms with Gasteiger partial charge in [0.25, 0.3) is 0 Å². The summed E-state index contributed by atoms with van der Waals surface area (Å²) in [4.78, 5) is 16.4. The van der Waals surface area contributed by atoms with E-state index in [1.807, 2.05) is 18.2 Å². The quantitative estimate of drug-likeness (QED) is 0.249. The normalized spacial score (nSPS) is 12.3. The highest BCUT2D eigenvalue weighted by molar-refractivity contribution is 7.93. The van der Waals surface area contributed by atoms with E-state index < -0.39 is 15.9 Å². The number of para-hydroxylation sites is 1. The molecule has 1 aromatic heterocycles. The molecule has 0 radical (unpaired) electrons. The third-order valence-corrected chi connectivity index (χ3v) is 6.25. The van der Waals surface area contributed by atoms with E-state index >= 15 is 0 Å². The molecule has 180 valence electrons. The average molecular weight is 485 g/mol. The summed E-state index contributed by atoms with van der Waals surface area (Å²) in [7, 11) is -0.986. The fourth-order valence-corrected chi connectivity index (χ4v) is 4.37. The van der Waals surface area contributed by atoms with Crippen LogP contribution in [0.4, 0.5) is 11.4 Å². The molecular formula is C24H28N4O5S. The lowest BCUT2D eigenvalue weighted by Gasteiger charge is -2.20. The van der Waals surface area contributed by atoms with Crippen molar-refractivity contribution in [3.63, 3.8) is 0 Å². The van der Waals surface area contributed by atoms with Gasteiger partial charge in [0.1, 0.15) is 10.6 Å². The zero-order valence-corrected chi connectivity index (χ0v) is 20.1. The third-order valence-electron chi connectivity index (χ3n) is 4.80. The highest BCUT2D eigenvalue weighted by atomic mass is 32.2. The van der Waals surface area contributed by atoms with Crippen LogP contribution in [-0.2, 0) is 14.7 Å². The summed E-state index contributed by atoms with van der Waals surface area (Å²) in [6.45, 7) is 2.66. The number of methoxy groups -OCH3 is 2. The van der Waals surface area contributed by atoms with Crippen LogP contribution in [0.2, 0.25) is 0 Å². The number of rotatable bonds is 11. The summed E-state index contributed by atoms with van der Waals surface area (Å²) in [5, 5.41) is 3.25. The number of esters is 1. The van der Waals surface area contributed by atoms with E-state index in [0.29, 0.717) is 29.5 Å². The van der Waals surface area contributed by atoms with E-state index in [1.54, 1.807) is 24.3 Å². The minimum atomic E-state index is -3.71. The fourth-order valence-electron chi connectivity index (χ4n) is 3.10. The smallest absolute Gasteiger partial charge is 0.337 e. The van der Waals surface area contributed by atoms with Gasteiger partial charge in [-0.15, -0.1) is 0 Å². The van der Waals surface area contributed by atoms with Crippen LogP contribution in [-0.4, -0.2) is 35.9 Å². The first-order valence-electron chi connectivity index (χ1n) is 10.7. The lowest BCUT2D eigenvalue weighted by atomic mass is 10.1. The number of nitrogens with zero attached hydrogens (tertiary/aromatic N) is 1. The molecule has 0 amide bonds. The molecule has 3 aromatic rings. The van der Waals surface area contributed by atoms with Gasteiger partial charge in [-0.1, -0.05) is 31.5 Å². The van der Waals surface area contributed by atoms with Crippen molar-refractivity contribution in [2.45, 2.75) is 24.7 Å². The van der Waals surface area contributed by atoms with Crippen molar-refractivity contribution >= 4 is 27.3 Å². The predicted molar refractivity (Wildman–Crippen MR) is 131 cm³/mol. The number of carbonyl (C=O) groups excluding carboxylic acids is 1. The Morgan fingerprint density at radius 2 is 1.88 bits per heavy atom. The number of nitrogens with one attached hydrogen (secondary N) is 3. The first kappa shape index (κ1) is 24.8. The topological polar surface area (TPSA) is 123 Å². The Kier molecular flexibility index (Phi) is 8.31. The lowest BCUT2D eigenvalue weighted by Crippen LogP contribution is -2.16. The van der Waals surface area contributed by atoms with Crippen LogP contribution in [0.3, 0.4) is 0 Å². The number of pyridine rings is 1. The lowest BCUT2D eigenvalue weighted by molar-refractivity contribution is 0.0600. The van der Waals surface area contributed by atoms with E-state index in [2.05, 4.69) is 21.9 Å². The molecule has 0 aliphatic heterocycles. The first-order chi connectivity index (χ1) is 16.4. The second-order valence-electron chi connectivity index (χ2n) is 7.28. The molecule has 1 heterocycles. The monoisotopic (exact) mass is 484 g/mol. The molecule has 0 saturated heterocycles. The van der Waals surface area contributed by atoms with Crippen LogP contribution < -0.4 is 19.5 Å². The number of hydrogen-bond acceptors (Lipinski definition) is 8. The zero-order chi connectivity index (χ0) is 24.6. The van der Waals surface area contributed by atoms with E-state index in [1.165, 1.54) is 32.5 Å². The molecule has 9 nitrogen and oxygen atoms in total. The maximum absolute atomic E-state index is 13.7. The van der Waals surface area contributed by atoms with Crippen molar-refractivity contribution in [2.75, 3.05) is 30.8 Å². The van der Waals surface area contributed by atoms with Gasteiger partial charge >= 0.3 is 5.97 Å². The number of anilines is 2. The second-order valence-corrected chi connectivity index (χ2v) is 9.04. The van der Waals surface area contributed by atoms with Crippen LogP contribution in [0.5, 0.6) is 17.4 Å². The minimum absolute atomic E-state index is 0.00553.